The molecule has 1 aromatic heterocycles. The van der Waals surface area contributed by atoms with Crippen LogP contribution in [0, 0.1) is 0 Å². The molecule has 1 aromatic carbocycles. The van der Waals surface area contributed by atoms with E-state index >= 15 is 0 Å². The van der Waals surface area contributed by atoms with Gasteiger partial charge in [-0.25, -0.2) is 0 Å². The largest absolute Gasteiger partial charge is 0.457 e. The van der Waals surface area contributed by atoms with Crippen molar-refractivity contribution in [2.45, 2.75) is 0 Å². The molecule has 1 saturated heterocycles. The molecule has 0 spiro atoms. The van der Waals surface area contributed by atoms with Gasteiger partial charge in [0.05, 0.1) is 30.2 Å². The van der Waals surface area contributed by atoms with E-state index in [9.17, 15) is 4.79 Å². The number of morpholine rings is 1. The second-order valence-electron chi connectivity index (χ2n) is 4.71. The molecule has 1 fully saturated rings. The van der Waals surface area contributed by atoms with Crippen molar-refractivity contribution < 1.29 is 13.9 Å². The van der Waals surface area contributed by atoms with Crippen molar-refractivity contribution in [2.75, 3.05) is 36.5 Å². The van der Waals surface area contributed by atoms with Gasteiger partial charge in [-0.2, -0.15) is 0 Å². The number of carbonyl (C=O) groups is 1. The summed E-state index contributed by atoms with van der Waals surface area (Å²) < 4.78 is 11.0. The van der Waals surface area contributed by atoms with Crippen LogP contribution in [0.25, 0.3) is 0 Å². The van der Waals surface area contributed by atoms with E-state index in [1.54, 1.807) is 6.07 Å². The Morgan fingerprint density at radius 3 is 2.71 bits per heavy atom. The molecule has 0 radical (unpaired) electrons. The zero-order valence-corrected chi connectivity index (χ0v) is 12.9. The fourth-order valence-electron chi connectivity index (χ4n) is 2.28. The Bertz CT molecular complexity index is 635. The number of amides is 1. The summed E-state index contributed by atoms with van der Waals surface area (Å²) in [5.74, 6) is -0.190. The number of anilines is 2. The number of nitrogens with one attached hydrogen (secondary N) is 1. The molecule has 6 heteroatoms. The minimum absolute atomic E-state index is 0.190. The van der Waals surface area contributed by atoms with Gasteiger partial charge in [0.1, 0.15) is 6.26 Å². The summed E-state index contributed by atoms with van der Waals surface area (Å²) >= 11 is 3.19. The maximum atomic E-state index is 12.2. The SMILES string of the molecule is O=C(Nc1ccccc1N1CCOCC1)c1coc(Br)c1. The maximum Gasteiger partial charge on any atom is 0.259 e. The van der Waals surface area contributed by atoms with Crippen LogP contribution in [-0.2, 0) is 4.74 Å². The molecule has 3 rings (SSSR count). The Labute approximate surface area is 131 Å². The third kappa shape index (κ3) is 3.28. The van der Waals surface area contributed by atoms with Gasteiger partial charge in [0.2, 0.25) is 0 Å². The van der Waals surface area contributed by atoms with E-state index < -0.39 is 0 Å². The van der Waals surface area contributed by atoms with Gasteiger partial charge >= 0.3 is 0 Å². The number of nitrogens with zero attached hydrogens (tertiary/aromatic N) is 1. The smallest absolute Gasteiger partial charge is 0.259 e. The number of hydrogen-bond donors (Lipinski definition) is 1. The molecule has 1 aliphatic rings. The van der Waals surface area contributed by atoms with Gasteiger partial charge in [-0.15, -0.1) is 0 Å². The second-order valence-corrected chi connectivity index (χ2v) is 5.49. The first-order valence-corrected chi connectivity index (χ1v) is 7.50. The van der Waals surface area contributed by atoms with Crippen molar-refractivity contribution >= 4 is 33.2 Å². The van der Waals surface area contributed by atoms with Crippen LogP contribution in [0.2, 0.25) is 0 Å². The summed E-state index contributed by atoms with van der Waals surface area (Å²) in [6, 6.07) is 9.43. The molecule has 0 saturated carbocycles. The molecular formula is C15H15BrN2O3. The maximum absolute atomic E-state index is 12.2. The predicted molar refractivity (Wildman–Crippen MR) is 83.8 cm³/mol. The molecule has 2 heterocycles. The first-order valence-electron chi connectivity index (χ1n) is 6.71. The summed E-state index contributed by atoms with van der Waals surface area (Å²) in [5, 5.41) is 2.94. The topological polar surface area (TPSA) is 54.7 Å². The van der Waals surface area contributed by atoms with E-state index in [2.05, 4.69) is 26.1 Å². The Morgan fingerprint density at radius 1 is 1.24 bits per heavy atom. The predicted octanol–water partition coefficient (Wildman–Crippen LogP) is 3.13. The van der Waals surface area contributed by atoms with Crippen molar-refractivity contribution in [3.05, 3.63) is 46.8 Å². The highest BCUT2D eigenvalue weighted by molar-refractivity contribution is 9.10. The molecule has 21 heavy (non-hydrogen) atoms. The lowest BCUT2D eigenvalue weighted by Crippen LogP contribution is -2.36. The first kappa shape index (κ1) is 14.2. The van der Waals surface area contributed by atoms with Gasteiger partial charge in [0, 0.05) is 19.2 Å². The van der Waals surface area contributed by atoms with Crippen LogP contribution in [0.1, 0.15) is 10.4 Å². The molecule has 0 unspecified atom stereocenters. The number of rotatable bonds is 3. The Hall–Kier alpha value is -1.79. The first-order chi connectivity index (χ1) is 10.2. The minimum Gasteiger partial charge on any atom is -0.457 e. The van der Waals surface area contributed by atoms with E-state index in [4.69, 9.17) is 9.15 Å². The van der Waals surface area contributed by atoms with Crippen molar-refractivity contribution in [1.29, 1.82) is 0 Å². The minimum atomic E-state index is -0.190. The second kappa shape index (κ2) is 6.32. The zero-order valence-electron chi connectivity index (χ0n) is 11.3. The number of carbonyl (C=O) groups excluding carboxylic acids is 1. The Kier molecular flexibility index (Phi) is 4.26. The highest BCUT2D eigenvalue weighted by atomic mass is 79.9. The molecule has 1 amide bonds. The van der Waals surface area contributed by atoms with Crippen LogP contribution in [0.4, 0.5) is 11.4 Å². The highest BCUT2D eigenvalue weighted by Crippen LogP contribution is 2.27. The molecular weight excluding hydrogens is 336 g/mol. The number of para-hydroxylation sites is 2. The average molecular weight is 351 g/mol. The van der Waals surface area contributed by atoms with Crippen molar-refractivity contribution in [1.82, 2.24) is 0 Å². The van der Waals surface area contributed by atoms with Crippen molar-refractivity contribution in [2.24, 2.45) is 0 Å². The van der Waals surface area contributed by atoms with Gasteiger partial charge in [-0.3, -0.25) is 4.79 Å². The molecule has 1 aliphatic heterocycles. The molecule has 0 aliphatic carbocycles. The lowest BCUT2D eigenvalue weighted by molar-refractivity contribution is 0.102. The molecule has 0 bridgehead atoms. The van der Waals surface area contributed by atoms with Gasteiger partial charge in [-0.1, -0.05) is 12.1 Å². The van der Waals surface area contributed by atoms with Crippen LogP contribution in [-0.4, -0.2) is 32.2 Å². The Balaban J connectivity index is 1.80. The lowest BCUT2D eigenvalue weighted by atomic mass is 10.2. The molecule has 1 N–H and O–H groups in total. The third-order valence-corrected chi connectivity index (χ3v) is 3.75. The van der Waals surface area contributed by atoms with E-state index in [0.717, 1.165) is 24.5 Å². The van der Waals surface area contributed by atoms with Crippen LogP contribution in [0.3, 0.4) is 0 Å². The summed E-state index contributed by atoms with van der Waals surface area (Å²) in [6.07, 6.45) is 1.43. The number of hydrogen-bond acceptors (Lipinski definition) is 4. The number of ether oxygens (including phenoxy) is 1. The average Bonchev–Trinajstić information content (AvgIpc) is 2.95. The number of halogens is 1. The Morgan fingerprint density at radius 2 is 2.00 bits per heavy atom. The summed E-state index contributed by atoms with van der Waals surface area (Å²) in [7, 11) is 0. The summed E-state index contributed by atoms with van der Waals surface area (Å²) in [4.78, 5) is 14.4. The molecule has 5 nitrogen and oxygen atoms in total. The van der Waals surface area contributed by atoms with Crippen LogP contribution in [0.15, 0.2) is 45.7 Å². The van der Waals surface area contributed by atoms with Gasteiger partial charge in [-0.05, 0) is 28.1 Å². The van der Waals surface area contributed by atoms with E-state index in [-0.39, 0.29) is 5.91 Å². The van der Waals surface area contributed by atoms with Crippen molar-refractivity contribution in [3.8, 4) is 0 Å². The van der Waals surface area contributed by atoms with Gasteiger partial charge in [0.15, 0.2) is 4.67 Å². The van der Waals surface area contributed by atoms with E-state index in [0.29, 0.717) is 23.4 Å². The van der Waals surface area contributed by atoms with Crippen LogP contribution in [0.5, 0.6) is 0 Å². The zero-order chi connectivity index (χ0) is 14.7. The fourth-order valence-corrected chi connectivity index (χ4v) is 2.62. The quantitative estimate of drug-likeness (QED) is 0.923. The van der Waals surface area contributed by atoms with Crippen molar-refractivity contribution in [3.63, 3.8) is 0 Å². The summed E-state index contributed by atoms with van der Waals surface area (Å²) in [6.45, 7) is 3.06. The monoisotopic (exact) mass is 350 g/mol. The lowest BCUT2D eigenvalue weighted by Gasteiger charge is -2.30. The molecule has 110 valence electrons. The summed E-state index contributed by atoms with van der Waals surface area (Å²) in [5.41, 5.74) is 2.29. The highest BCUT2D eigenvalue weighted by Gasteiger charge is 2.17. The number of furan rings is 1. The van der Waals surface area contributed by atoms with E-state index in [1.165, 1.54) is 6.26 Å². The third-order valence-electron chi connectivity index (χ3n) is 3.33. The van der Waals surface area contributed by atoms with Gasteiger partial charge in [0.25, 0.3) is 5.91 Å². The van der Waals surface area contributed by atoms with Crippen LogP contribution >= 0.6 is 15.9 Å². The van der Waals surface area contributed by atoms with Gasteiger partial charge < -0.3 is 19.4 Å². The fraction of sp³-hybridized carbons (Fsp3) is 0.267. The standard InChI is InChI=1S/C15H15BrN2O3/c16-14-9-11(10-21-14)15(19)17-12-3-1-2-4-13(12)18-5-7-20-8-6-18/h1-4,9-10H,5-8H2,(H,17,19). The van der Waals surface area contributed by atoms with Crippen LogP contribution < -0.4 is 10.2 Å². The van der Waals surface area contributed by atoms with E-state index in [1.807, 2.05) is 24.3 Å². The normalized spacial score (nSPS) is 15.0. The molecule has 2 aromatic rings. The molecule has 0 atom stereocenters. The number of benzene rings is 1.